The first-order valence-electron chi connectivity index (χ1n) is 13.3. The molecule has 210 valence electrons. The number of carbonyl (C=O) groups is 1. The SMILES string of the molecule is CC(=O)NCCN(C1CCNCC1)S(=O)(=O)c1cccc(-c2cc3cn(-c4ccc(CN)cc4)c(=O)nc3[nH]2)c1. The number of nitrogens with two attached hydrogens (primary N) is 1. The number of amides is 1. The first-order valence-corrected chi connectivity index (χ1v) is 14.7. The molecule has 12 heteroatoms. The molecule has 0 aliphatic carbocycles. The maximum Gasteiger partial charge on any atom is 0.354 e. The number of sulfonamides is 1. The van der Waals surface area contributed by atoms with E-state index in [4.69, 9.17) is 5.73 Å². The minimum absolute atomic E-state index is 0.161. The Kier molecular flexibility index (Phi) is 8.12. The maximum absolute atomic E-state index is 13.9. The number of benzene rings is 2. The van der Waals surface area contributed by atoms with E-state index in [1.165, 1.54) is 15.8 Å². The average Bonchev–Trinajstić information content (AvgIpc) is 3.38. The lowest BCUT2D eigenvalue weighted by molar-refractivity contribution is -0.119. The van der Waals surface area contributed by atoms with E-state index in [0.717, 1.165) is 18.7 Å². The van der Waals surface area contributed by atoms with Crippen molar-refractivity contribution >= 4 is 27.0 Å². The number of nitrogens with one attached hydrogen (secondary N) is 3. The molecule has 4 aromatic rings. The highest BCUT2D eigenvalue weighted by Gasteiger charge is 2.32. The standard InChI is InChI=1S/C28H33N7O4S/c1-19(36)31-13-14-35(24-9-11-30-12-10-24)40(38,39)25-4-2-3-21(15-25)26-16-22-18-34(28(37)33-27(22)32-26)23-7-5-20(17-29)6-8-23/h2-8,15-16,18,24,30H,9-14,17,29H2,1H3,(H,31,36)(H,32,33,37). The van der Waals surface area contributed by atoms with Crippen LogP contribution in [0.5, 0.6) is 0 Å². The van der Waals surface area contributed by atoms with Gasteiger partial charge in [-0.05, 0) is 67.4 Å². The van der Waals surface area contributed by atoms with E-state index < -0.39 is 15.7 Å². The summed E-state index contributed by atoms with van der Waals surface area (Å²) in [5, 5.41) is 6.69. The Labute approximate surface area is 232 Å². The van der Waals surface area contributed by atoms with Crippen LogP contribution in [0, 0.1) is 0 Å². The van der Waals surface area contributed by atoms with Gasteiger partial charge in [0.25, 0.3) is 0 Å². The number of nitrogens with zero attached hydrogens (tertiary/aromatic N) is 3. The van der Waals surface area contributed by atoms with Crippen LogP contribution < -0.4 is 22.1 Å². The zero-order valence-electron chi connectivity index (χ0n) is 22.3. The minimum Gasteiger partial charge on any atom is -0.355 e. The molecule has 0 bridgehead atoms. The molecular weight excluding hydrogens is 530 g/mol. The molecule has 0 atom stereocenters. The van der Waals surface area contributed by atoms with Crippen molar-refractivity contribution in [2.24, 2.45) is 5.73 Å². The fourth-order valence-electron chi connectivity index (χ4n) is 5.02. The highest BCUT2D eigenvalue weighted by Crippen LogP contribution is 2.28. The van der Waals surface area contributed by atoms with Crippen molar-refractivity contribution in [2.75, 3.05) is 26.2 Å². The summed E-state index contributed by atoms with van der Waals surface area (Å²) in [6, 6.07) is 15.8. The van der Waals surface area contributed by atoms with E-state index >= 15 is 0 Å². The second-order valence-electron chi connectivity index (χ2n) is 9.86. The molecule has 11 nitrogen and oxygen atoms in total. The van der Waals surface area contributed by atoms with Gasteiger partial charge >= 0.3 is 5.69 Å². The van der Waals surface area contributed by atoms with E-state index in [-0.39, 0.29) is 29.9 Å². The van der Waals surface area contributed by atoms with Gasteiger partial charge in [0, 0.05) is 49.9 Å². The molecule has 2 aromatic carbocycles. The molecule has 5 N–H and O–H groups in total. The van der Waals surface area contributed by atoms with Crippen LogP contribution >= 0.6 is 0 Å². The van der Waals surface area contributed by atoms with Gasteiger partial charge in [0.05, 0.1) is 10.6 Å². The molecule has 0 radical (unpaired) electrons. The molecular formula is C28H33N7O4S. The monoisotopic (exact) mass is 563 g/mol. The Morgan fingerprint density at radius 3 is 2.60 bits per heavy atom. The number of hydrogen-bond donors (Lipinski definition) is 4. The number of carbonyl (C=O) groups excluding carboxylic acids is 1. The summed E-state index contributed by atoms with van der Waals surface area (Å²) in [7, 11) is -3.85. The third-order valence-electron chi connectivity index (χ3n) is 7.13. The van der Waals surface area contributed by atoms with Gasteiger partial charge in [-0.1, -0.05) is 24.3 Å². The first kappa shape index (κ1) is 27.7. The van der Waals surface area contributed by atoms with Gasteiger partial charge in [-0.3, -0.25) is 9.36 Å². The van der Waals surface area contributed by atoms with E-state index in [1.807, 2.05) is 36.4 Å². The van der Waals surface area contributed by atoms with Crippen LogP contribution in [0.1, 0.15) is 25.3 Å². The summed E-state index contributed by atoms with van der Waals surface area (Å²) in [6.07, 6.45) is 3.10. The van der Waals surface area contributed by atoms with Gasteiger partial charge < -0.3 is 21.4 Å². The van der Waals surface area contributed by atoms with Crippen molar-refractivity contribution in [1.29, 1.82) is 0 Å². The van der Waals surface area contributed by atoms with Crippen molar-refractivity contribution in [3.05, 3.63) is 76.8 Å². The Morgan fingerprint density at radius 1 is 1.15 bits per heavy atom. The van der Waals surface area contributed by atoms with Gasteiger partial charge in [0.1, 0.15) is 5.65 Å². The average molecular weight is 564 g/mol. The summed E-state index contributed by atoms with van der Waals surface area (Å²) in [6.45, 7) is 3.71. The van der Waals surface area contributed by atoms with E-state index in [2.05, 4.69) is 20.6 Å². The van der Waals surface area contributed by atoms with Crippen LogP contribution in [0.15, 0.2) is 70.5 Å². The predicted molar refractivity (Wildman–Crippen MR) is 153 cm³/mol. The summed E-state index contributed by atoms with van der Waals surface area (Å²) in [5.74, 6) is -0.202. The molecule has 3 heterocycles. The smallest absolute Gasteiger partial charge is 0.354 e. The van der Waals surface area contributed by atoms with Gasteiger partial charge in [0.2, 0.25) is 15.9 Å². The molecule has 0 saturated carbocycles. The lowest BCUT2D eigenvalue weighted by atomic mass is 10.1. The summed E-state index contributed by atoms with van der Waals surface area (Å²) in [4.78, 5) is 31.7. The van der Waals surface area contributed by atoms with Gasteiger partial charge in [-0.25, -0.2) is 13.2 Å². The van der Waals surface area contributed by atoms with E-state index in [9.17, 15) is 18.0 Å². The van der Waals surface area contributed by atoms with Crippen molar-refractivity contribution in [3.8, 4) is 16.9 Å². The number of hydrogen-bond acceptors (Lipinski definition) is 7. The number of H-pyrrole nitrogens is 1. The molecule has 1 amide bonds. The normalized spacial score (nSPS) is 14.6. The van der Waals surface area contributed by atoms with Crippen molar-refractivity contribution in [3.63, 3.8) is 0 Å². The number of aromatic nitrogens is 3. The van der Waals surface area contributed by atoms with E-state index in [0.29, 0.717) is 47.4 Å². The molecule has 1 aliphatic heterocycles. The number of aromatic amines is 1. The molecule has 1 fully saturated rings. The van der Waals surface area contributed by atoms with Crippen LogP contribution in [0.4, 0.5) is 0 Å². The third-order valence-corrected chi connectivity index (χ3v) is 9.08. The molecule has 1 saturated heterocycles. The van der Waals surface area contributed by atoms with Gasteiger partial charge in [-0.2, -0.15) is 9.29 Å². The fraction of sp³-hybridized carbons (Fsp3) is 0.321. The molecule has 5 rings (SSSR count). The molecule has 40 heavy (non-hydrogen) atoms. The minimum atomic E-state index is -3.85. The van der Waals surface area contributed by atoms with Crippen LogP contribution in [-0.2, 0) is 21.4 Å². The number of piperidine rings is 1. The number of rotatable bonds is 9. The Bertz CT molecular complexity index is 1670. The topological polar surface area (TPSA) is 155 Å². The molecule has 2 aromatic heterocycles. The van der Waals surface area contributed by atoms with Crippen LogP contribution in [-0.4, -0.2) is 65.4 Å². The van der Waals surface area contributed by atoms with Gasteiger partial charge in [-0.15, -0.1) is 0 Å². The third kappa shape index (κ3) is 5.85. The van der Waals surface area contributed by atoms with Gasteiger partial charge in [0.15, 0.2) is 0 Å². The molecule has 0 spiro atoms. The molecule has 1 aliphatic rings. The fourth-order valence-corrected chi connectivity index (χ4v) is 6.75. The lowest BCUT2D eigenvalue weighted by Crippen LogP contribution is -2.48. The van der Waals surface area contributed by atoms with Crippen LogP contribution in [0.3, 0.4) is 0 Å². The zero-order chi connectivity index (χ0) is 28.3. The quantitative estimate of drug-likeness (QED) is 0.242. The van der Waals surface area contributed by atoms with Crippen molar-refractivity contribution < 1.29 is 13.2 Å². The highest BCUT2D eigenvalue weighted by molar-refractivity contribution is 7.89. The highest BCUT2D eigenvalue weighted by atomic mass is 32.2. The number of fused-ring (bicyclic) bond motifs is 1. The maximum atomic E-state index is 13.9. The van der Waals surface area contributed by atoms with Crippen molar-refractivity contribution in [2.45, 2.75) is 37.2 Å². The van der Waals surface area contributed by atoms with E-state index in [1.54, 1.807) is 24.4 Å². The summed E-state index contributed by atoms with van der Waals surface area (Å²) < 4.78 is 30.7. The Morgan fingerprint density at radius 2 is 1.90 bits per heavy atom. The zero-order valence-corrected chi connectivity index (χ0v) is 23.1. The Hall–Kier alpha value is -3.84. The predicted octanol–water partition coefficient (Wildman–Crippen LogP) is 1.72. The Balaban J connectivity index is 1.47. The lowest BCUT2D eigenvalue weighted by Gasteiger charge is -2.33. The van der Waals surface area contributed by atoms with Crippen LogP contribution in [0.2, 0.25) is 0 Å². The summed E-state index contributed by atoms with van der Waals surface area (Å²) in [5.41, 5.74) is 8.58. The van der Waals surface area contributed by atoms with Crippen LogP contribution in [0.25, 0.3) is 28.0 Å². The van der Waals surface area contributed by atoms with Crippen molar-refractivity contribution in [1.82, 2.24) is 29.5 Å². The second kappa shape index (κ2) is 11.7. The molecule has 0 unspecified atom stereocenters. The second-order valence-corrected chi connectivity index (χ2v) is 11.7. The summed E-state index contributed by atoms with van der Waals surface area (Å²) >= 11 is 0. The largest absolute Gasteiger partial charge is 0.355 e. The first-order chi connectivity index (χ1) is 19.3.